The van der Waals surface area contributed by atoms with Gasteiger partial charge < -0.3 is 10.0 Å². The van der Waals surface area contributed by atoms with Crippen LogP contribution in [0.2, 0.25) is 0 Å². The van der Waals surface area contributed by atoms with E-state index in [-0.39, 0.29) is 5.78 Å². The Hall–Kier alpha value is -2.10. The smallest absolute Gasteiger partial charge is 0.407 e. The lowest BCUT2D eigenvalue weighted by Gasteiger charge is -2.28. The molecule has 1 N–H and O–H groups in total. The number of hydrogen-bond acceptors (Lipinski definition) is 2. The number of carbonyl (C=O) groups is 2. The first kappa shape index (κ1) is 13.3. The molecule has 1 heterocycles. The number of ketones is 1. The summed E-state index contributed by atoms with van der Waals surface area (Å²) in [6.07, 6.45) is 4.23. The molecule has 1 fully saturated rings. The van der Waals surface area contributed by atoms with Gasteiger partial charge in [0.05, 0.1) is 0 Å². The van der Waals surface area contributed by atoms with Gasteiger partial charge >= 0.3 is 6.09 Å². The second-order valence-electron chi connectivity index (χ2n) is 4.70. The largest absolute Gasteiger partial charge is 0.465 e. The van der Waals surface area contributed by atoms with Crippen LogP contribution in [0.5, 0.6) is 0 Å². The van der Waals surface area contributed by atoms with Crippen LogP contribution in [0, 0.1) is 5.92 Å². The van der Waals surface area contributed by atoms with Crippen molar-refractivity contribution in [2.45, 2.75) is 12.8 Å². The summed E-state index contributed by atoms with van der Waals surface area (Å²) in [5.41, 5.74) is 0.682. The van der Waals surface area contributed by atoms with Crippen LogP contribution in [0.1, 0.15) is 23.2 Å². The molecule has 0 aliphatic carbocycles. The molecule has 1 amide bonds. The van der Waals surface area contributed by atoms with E-state index in [1.165, 1.54) is 4.90 Å². The average Bonchev–Trinajstić information content (AvgIpc) is 2.46. The number of carbonyl (C=O) groups excluding carboxylic acids is 1. The predicted octanol–water partition coefficient (Wildman–Crippen LogP) is 2.82. The maximum atomic E-state index is 11.9. The number of amides is 1. The van der Waals surface area contributed by atoms with Crippen molar-refractivity contribution < 1.29 is 14.7 Å². The number of nitrogens with zero attached hydrogens (tertiary/aromatic N) is 1. The van der Waals surface area contributed by atoms with Crippen molar-refractivity contribution in [2.75, 3.05) is 13.1 Å². The van der Waals surface area contributed by atoms with Gasteiger partial charge in [-0.15, -0.1) is 0 Å². The number of benzene rings is 1. The van der Waals surface area contributed by atoms with Crippen LogP contribution in [0.4, 0.5) is 4.79 Å². The topological polar surface area (TPSA) is 57.6 Å². The number of hydrogen-bond donors (Lipinski definition) is 1. The average molecular weight is 259 g/mol. The summed E-state index contributed by atoms with van der Waals surface area (Å²) in [4.78, 5) is 24.1. The lowest BCUT2D eigenvalue weighted by molar-refractivity contribution is 0.104. The third-order valence-corrected chi connectivity index (χ3v) is 3.39. The van der Waals surface area contributed by atoms with Gasteiger partial charge in [0, 0.05) is 18.7 Å². The number of allylic oxidation sites excluding steroid dienone is 2. The normalized spacial score (nSPS) is 16.7. The van der Waals surface area contributed by atoms with E-state index >= 15 is 0 Å². The molecule has 2 rings (SSSR count). The summed E-state index contributed by atoms with van der Waals surface area (Å²) in [5.74, 6) is 0.296. The quantitative estimate of drug-likeness (QED) is 0.670. The first-order valence-corrected chi connectivity index (χ1v) is 6.42. The first-order chi connectivity index (χ1) is 9.16. The van der Waals surface area contributed by atoms with Crippen molar-refractivity contribution in [1.82, 2.24) is 4.90 Å². The SMILES string of the molecule is O=C(/C=C/C1CCN(C(=O)O)CC1)c1ccccc1. The Labute approximate surface area is 112 Å². The van der Waals surface area contributed by atoms with Crippen molar-refractivity contribution >= 4 is 11.9 Å². The summed E-state index contributed by atoms with van der Waals surface area (Å²) in [6.45, 7) is 1.09. The van der Waals surface area contributed by atoms with Gasteiger partial charge in [-0.3, -0.25) is 4.79 Å². The van der Waals surface area contributed by atoms with E-state index in [2.05, 4.69) is 0 Å². The molecule has 1 aliphatic heterocycles. The lowest BCUT2D eigenvalue weighted by atomic mass is 9.96. The highest BCUT2D eigenvalue weighted by Crippen LogP contribution is 2.18. The van der Waals surface area contributed by atoms with Gasteiger partial charge in [-0.1, -0.05) is 36.4 Å². The Morgan fingerprint density at radius 3 is 2.37 bits per heavy atom. The molecule has 0 bridgehead atoms. The molecule has 0 atom stereocenters. The van der Waals surface area contributed by atoms with E-state index in [1.54, 1.807) is 18.2 Å². The van der Waals surface area contributed by atoms with Crippen molar-refractivity contribution in [3.8, 4) is 0 Å². The standard InChI is InChI=1S/C15H17NO3/c17-14(13-4-2-1-3-5-13)7-6-12-8-10-16(11-9-12)15(18)19/h1-7,12H,8-11H2,(H,18,19)/b7-6+. The number of piperidine rings is 1. The zero-order valence-corrected chi connectivity index (χ0v) is 10.7. The highest BCUT2D eigenvalue weighted by Gasteiger charge is 2.20. The predicted molar refractivity (Wildman–Crippen MR) is 72.2 cm³/mol. The van der Waals surface area contributed by atoms with Gasteiger partial charge in [-0.05, 0) is 24.8 Å². The molecule has 1 saturated heterocycles. The molecule has 100 valence electrons. The summed E-state index contributed by atoms with van der Waals surface area (Å²) in [5, 5.41) is 8.85. The fourth-order valence-corrected chi connectivity index (χ4v) is 2.21. The number of carboxylic acid groups (broad SMARTS) is 1. The Balaban J connectivity index is 1.87. The Kier molecular flexibility index (Phi) is 4.34. The summed E-state index contributed by atoms with van der Waals surface area (Å²) in [7, 11) is 0. The molecule has 1 aromatic carbocycles. The lowest BCUT2D eigenvalue weighted by Crippen LogP contribution is -2.37. The molecule has 0 aromatic heterocycles. The molecule has 19 heavy (non-hydrogen) atoms. The summed E-state index contributed by atoms with van der Waals surface area (Å²) < 4.78 is 0. The molecule has 0 spiro atoms. The van der Waals surface area contributed by atoms with E-state index in [0.717, 1.165) is 12.8 Å². The molecule has 0 unspecified atom stereocenters. The molecule has 4 nitrogen and oxygen atoms in total. The van der Waals surface area contributed by atoms with E-state index in [4.69, 9.17) is 5.11 Å². The summed E-state index contributed by atoms with van der Waals surface area (Å²) in [6, 6.07) is 9.14. The fourth-order valence-electron chi connectivity index (χ4n) is 2.21. The van der Waals surface area contributed by atoms with Crippen LogP contribution in [0.3, 0.4) is 0 Å². The number of rotatable bonds is 3. The second kappa shape index (κ2) is 6.18. The fraction of sp³-hybridized carbons (Fsp3) is 0.333. The highest BCUT2D eigenvalue weighted by molar-refractivity contribution is 6.04. The molecule has 0 radical (unpaired) electrons. The maximum absolute atomic E-state index is 11.9. The Morgan fingerprint density at radius 1 is 1.16 bits per heavy atom. The van der Waals surface area contributed by atoms with Gasteiger partial charge in [-0.2, -0.15) is 0 Å². The van der Waals surface area contributed by atoms with Crippen LogP contribution in [-0.2, 0) is 0 Å². The van der Waals surface area contributed by atoms with Gasteiger partial charge in [0.2, 0.25) is 0 Å². The van der Waals surface area contributed by atoms with Gasteiger partial charge in [-0.25, -0.2) is 4.79 Å². The van der Waals surface area contributed by atoms with Gasteiger partial charge in [0.1, 0.15) is 0 Å². The number of likely N-dealkylation sites (tertiary alicyclic amines) is 1. The second-order valence-corrected chi connectivity index (χ2v) is 4.70. The van der Waals surface area contributed by atoms with Crippen molar-refractivity contribution in [3.05, 3.63) is 48.0 Å². The van der Waals surface area contributed by atoms with Gasteiger partial charge in [0.25, 0.3) is 0 Å². The molecule has 0 saturated carbocycles. The molecular weight excluding hydrogens is 242 g/mol. The van der Waals surface area contributed by atoms with E-state index in [9.17, 15) is 9.59 Å². The maximum Gasteiger partial charge on any atom is 0.407 e. The Morgan fingerprint density at radius 2 is 1.79 bits per heavy atom. The van der Waals surface area contributed by atoms with Crippen LogP contribution < -0.4 is 0 Å². The van der Waals surface area contributed by atoms with Crippen LogP contribution >= 0.6 is 0 Å². The van der Waals surface area contributed by atoms with Gasteiger partial charge in [0.15, 0.2) is 5.78 Å². The zero-order valence-electron chi connectivity index (χ0n) is 10.7. The molecule has 1 aliphatic rings. The van der Waals surface area contributed by atoms with E-state index < -0.39 is 6.09 Å². The molecule has 1 aromatic rings. The van der Waals surface area contributed by atoms with E-state index in [0.29, 0.717) is 24.6 Å². The zero-order chi connectivity index (χ0) is 13.7. The molecule has 4 heteroatoms. The van der Waals surface area contributed by atoms with Crippen molar-refractivity contribution in [1.29, 1.82) is 0 Å². The van der Waals surface area contributed by atoms with Crippen molar-refractivity contribution in [2.24, 2.45) is 5.92 Å². The van der Waals surface area contributed by atoms with Crippen LogP contribution in [0.15, 0.2) is 42.5 Å². The third-order valence-electron chi connectivity index (χ3n) is 3.39. The monoisotopic (exact) mass is 259 g/mol. The highest BCUT2D eigenvalue weighted by atomic mass is 16.4. The minimum atomic E-state index is -0.859. The minimum Gasteiger partial charge on any atom is -0.465 e. The molecular formula is C15H17NO3. The van der Waals surface area contributed by atoms with Crippen LogP contribution in [0.25, 0.3) is 0 Å². The van der Waals surface area contributed by atoms with Crippen molar-refractivity contribution in [3.63, 3.8) is 0 Å². The third kappa shape index (κ3) is 3.68. The van der Waals surface area contributed by atoms with Crippen LogP contribution in [-0.4, -0.2) is 35.0 Å². The minimum absolute atomic E-state index is 0.00117. The summed E-state index contributed by atoms with van der Waals surface area (Å²) >= 11 is 0. The first-order valence-electron chi connectivity index (χ1n) is 6.42. The Bertz CT molecular complexity index is 473. The van der Waals surface area contributed by atoms with E-state index in [1.807, 2.05) is 24.3 Å².